The molecule has 1 nitrogen and oxygen atoms in total. The van der Waals surface area contributed by atoms with Crippen LogP contribution in [0.15, 0.2) is 42.5 Å². The topological polar surface area (TPSA) is 20.2 Å². The zero-order valence-corrected chi connectivity index (χ0v) is 10.7. The van der Waals surface area contributed by atoms with E-state index in [4.69, 9.17) is 11.6 Å². The Bertz CT molecular complexity index is 625. The van der Waals surface area contributed by atoms with Crippen molar-refractivity contribution in [3.63, 3.8) is 0 Å². The lowest BCUT2D eigenvalue weighted by Gasteiger charge is -2.14. The van der Waals surface area contributed by atoms with Crippen LogP contribution in [0.25, 0.3) is 0 Å². The van der Waals surface area contributed by atoms with E-state index >= 15 is 0 Å². The average Bonchev–Trinajstić information content (AvgIpc) is 2.36. The zero-order chi connectivity index (χ0) is 14.9. The molecule has 0 aliphatic carbocycles. The van der Waals surface area contributed by atoms with E-state index in [1.807, 2.05) is 0 Å². The fourth-order valence-electron chi connectivity index (χ4n) is 1.80. The van der Waals surface area contributed by atoms with Crippen LogP contribution in [0.5, 0.6) is 0 Å². The molecule has 1 atom stereocenters. The highest BCUT2D eigenvalue weighted by Gasteiger charge is 2.32. The van der Waals surface area contributed by atoms with Crippen LogP contribution in [-0.2, 0) is 6.18 Å². The molecule has 0 saturated carbocycles. The number of hydrogen-bond acceptors (Lipinski definition) is 1. The second-order valence-corrected chi connectivity index (χ2v) is 4.66. The monoisotopic (exact) mass is 304 g/mol. The first-order valence-electron chi connectivity index (χ1n) is 5.58. The normalized spacial score (nSPS) is 13.3. The molecule has 106 valence electrons. The van der Waals surface area contributed by atoms with Crippen LogP contribution in [0.3, 0.4) is 0 Å². The minimum Gasteiger partial charge on any atom is -0.384 e. The molecule has 2 aromatic carbocycles. The highest BCUT2D eigenvalue weighted by molar-refractivity contribution is 6.30. The summed E-state index contributed by atoms with van der Waals surface area (Å²) in [5, 5.41) is 10.4. The molecule has 0 aliphatic rings. The summed E-state index contributed by atoms with van der Waals surface area (Å²) in [7, 11) is 0. The van der Waals surface area contributed by atoms with E-state index in [-0.39, 0.29) is 11.1 Å². The largest absolute Gasteiger partial charge is 0.416 e. The van der Waals surface area contributed by atoms with Crippen molar-refractivity contribution in [3.05, 3.63) is 70.0 Å². The summed E-state index contributed by atoms with van der Waals surface area (Å²) < 4.78 is 51.1. The molecule has 0 fully saturated rings. The van der Waals surface area contributed by atoms with Crippen molar-refractivity contribution in [2.45, 2.75) is 12.3 Å². The first-order valence-corrected chi connectivity index (χ1v) is 5.96. The van der Waals surface area contributed by atoms with Gasteiger partial charge in [0, 0.05) is 5.02 Å². The SMILES string of the molecule is OC(c1cccc(Cl)c1)c1cc(F)cc(C(F)(F)F)c1. The Morgan fingerprint density at radius 1 is 1.00 bits per heavy atom. The summed E-state index contributed by atoms with van der Waals surface area (Å²) in [6.07, 6.45) is -6.06. The molecule has 1 unspecified atom stereocenters. The Balaban J connectivity index is 2.45. The van der Waals surface area contributed by atoms with E-state index in [1.165, 1.54) is 12.1 Å². The van der Waals surface area contributed by atoms with Crippen molar-refractivity contribution in [1.29, 1.82) is 0 Å². The van der Waals surface area contributed by atoms with E-state index in [9.17, 15) is 22.7 Å². The van der Waals surface area contributed by atoms with Gasteiger partial charge in [0.1, 0.15) is 11.9 Å². The van der Waals surface area contributed by atoms with Gasteiger partial charge < -0.3 is 5.11 Å². The number of benzene rings is 2. The van der Waals surface area contributed by atoms with Gasteiger partial charge in [-0.25, -0.2) is 4.39 Å². The first-order chi connectivity index (χ1) is 9.27. The maximum absolute atomic E-state index is 13.3. The van der Waals surface area contributed by atoms with Crippen molar-refractivity contribution < 1.29 is 22.7 Å². The first kappa shape index (κ1) is 14.8. The van der Waals surface area contributed by atoms with Crippen LogP contribution in [0.1, 0.15) is 22.8 Å². The van der Waals surface area contributed by atoms with Gasteiger partial charge in [-0.1, -0.05) is 23.7 Å². The fourth-order valence-corrected chi connectivity index (χ4v) is 2.00. The van der Waals surface area contributed by atoms with Gasteiger partial charge >= 0.3 is 6.18 Å². The van der Waals surface area contributed by atoms with Gasteiger partial charge in [-0.2, -0.15) is 13.2 Å². The van der Waals surface area contributed by atoms with Crippen molar-refractivity contribution in [2.75, 3.05) is 0 Å². The lowest BCUT2D eigenvalue weighted by molar-refractivity contribution is -0.137. The van der Waals surface area contributed by atoms with Gasteiger partial charge in [0.25, 0.3) is 0 Å². The second-order valence-electron chi connectivity index (χ2n) is 4.23. The Hall–Kier alpha value is -1.59. The Morgan fingerprint density at radius 3 is 2.30 bits per heavy atom. The lowest BCUT2D eigenvalue weighted by Crippen LogP contribution is -2.08. The highest BCUT2D eigenvalue weighted by Crippen LogP contribution is 2.33. The molecule has 1 N–H and O–H groups in total. The van der Waals surface area contributed by atoms with E-state index in [2.05, 4.69) is 0 Å². The van der Waals surface area contributed by atoms with Crippen LogP contribution in [-0.4, -0.2) is 5.11 Å². The van der Waals surface area contributed by atoms with Gasteiger partial charge in [0.15, 0.2) is 0 Å². The van der Waals surface area contributed by atoms with Crippen LogP contribution >= 0.6 is 11.6 Å². The molecule has 2 rings (SSSR count). The Kier molecular flexibility index (Phi) is 4.01. The number of aliphatic hydroxyl groups excluding tert-OH is 1. The molecule has 0 saturated heterocycles. The second kappa shape index (κ2) is 5.42. The van der Waals surface area contributed by atoms with Crippen LogP contribution < -0.4 is 0 Å². The maximum Gasteiger partial charge on any atom is 0.416 e. The van der Waals surface area contributed by atoms with E-state index in [1.54, 1.807) is 12.1 Å². The molecule has 2 aromatic rings. The molecule has 0 bridgehead atoms. The minimum atomic E-state index is -4.68. The summed E-state index contributed by atoms with van der Waals surface area (Å²) >= 11 is 5.75. The van der Waals surface area contributed by atoms with Gasteiger partial charge in [-0.3, -0.25) is 0 Å². The molecular weight excluding hydrogens is 296 g/mol. The quantitative estimate of drug-likeness (QED) is 0.805. The summed E-state index contributed by atoms with van der Waals surface area (Å²) in [4.78, 5) is 0. The van der Waals surface area contributed by atoms with Gasteiger partial charge in [-0.05, 0) is 41.5 Å². The highest BCUT2D eigenvalue weighted by atomic mass is 35.5. The summed E-state index contributed by atoms with van der Waals surface area (Å²) in [5.41, 5.74) is -1.04. The summed E-state index contributed by atoms with van der Waals surface area (Å²) in [6, 6.07) is 7.97. The summed E-state index contributed by atoms with van der Waals surface area (Å²) in [6.45, 7) is 0. The van der Waals surface area contributed by atoms with E-state index in [0.29, 0.717) is 17.2 Å². The molecule has 0 amide bonds. The number of halogens is 5. The van der Waals surface area contributed by atoms with Gasteiger partial charge in [0.05, 0.1) is 5.56 Å². The average molecular weight is 305 g/mol. The molecule has 0 radical (unpaired) electrons. The van der Waals surface area contributed by atoms with Crippen LogP contribution in [0, 0.1) is 5.82 Å². The summed E-state index contributed by atoms with van der Waals surface area (Å²) in [5.74, 6) is -1.06. The Labute approximate surface area is 117 Å². The molecule has 20 heavy (non-hydrogen) atoms. The van der Waals surface area contributed by atoms with Crippen molar-refractivity contribution in [2.24, 2.45) is 0 Å². The van der Waals surface area contributed by atoms with Crippen molar-refractivity contribution in [1.82, 2.24) is 0 Å². The predicted octanol–water partition coefficient (Wildman–Crippen LogP) is 4.58. The van der Waals surface area contributed by atoms with Crippen LogP contribution in [0.2, 0.25) is 5.02 Å². The van der Waals surface area contributed by atoms with Gasteiger partial charge in [-0.15, -0.1) is 0 Å². The van der Waals surface area contributed by atoms with Gasteiger partial charge in [0.2, 0.25) is 0 Å². The molecule has 0 heterocycles. The molecular formula is C14H9ClF4O. The number of rotatable bonds is 2. The molecule has 0 aliphatic heterocycles. The number of hydrogen-bond donors (Lipinski definition) is 1. The van der Waals surface area contributed by atoms with Crippen molar-refractivity contribution in [3.8, 4) is 0 Å². The third kappa shape index (κ3) is 3.29. The van der Waals surface area contributed by atoms with E-state index < -0.39 is 23.7 Å². The van der Waals surface area contributed by atoms with E-state index in [0.717, 1.165) is 6.07 Å². The molecule has 6 heteroatoms. The third-order valence-electron chi connectivity index (χ3n) is 2.73. The maximum atomic E-state index is 13.3. The number of aliphatic hydroxyl groups is 1. The molecule has 0 aromatic heterocycles. The van der Waals surface area contributed by atoms with Crippen molar-refractivity contribution >= 4 is 11.6 Å². The third-order valence-corrected chi connectivity index (χ3v) is 2.96. The lowest BCUT2D eigenvalue weighted by atomic mass is 9.99. The predicted molar refractivity (Wildman–Crippen MR) is 66.9 cm³/mol. The standard InChI is InChI=1S/C14H9ClF4O/c15-11-3-1-2-8(5-11)13(20)9-4-10(14(17,18)19)7-12(16)6-9/h1-7,13,20H. The molecule has 0 spiro atoms. The fraction of sp³-hybridized carbons (Fsp3) is 0.143. The zero-order valence-electron chi connectivity index (χ0n) is 9.96. The number of alkyl halides is 3. The smallest absolute Gasteiger partial charge is 0.384 e. The Morgan fingerprint density at radius 2 is 1.70 bits per heavy atom. The van der Waals surface area contributed by atoms with Crippen LogP contribution in [0.4, 0.5) is 17.6 Å². The minimum absolute atomic E-state index is 0.181.